The van der Waals surface area contributed by atoms with Crippen LogP contribution in [0.15, 0.2) is 5.16 Å². The summed E-state index contributed by atoms with van der Waals surface area (Å²) < 4.78 is 0. The van der Waals surface area contributed by atoms with Gasteiger partial charge in [-0.3, -0.25) is 4.79 Å². The van der Waals surface area contributed by atoms with Gasteiger partial charge in [-0.1, -0.05) is 32.9 Å². The Labute approximate surface area is 109 Å². The van der Waals surface area contributed by atoms with E-state index in [1.54, 1.807) is 0 Å². The van der Waals surface area contributed by atoms with E-state index in [1.165, 1.54) is 0 Å². The quantitative estimate of drug-likeness (QED) is 0.347. The fourth-order valence-electron chi connectivity index (χ4n) is 2.72. The monoisotopic (exact) mass is 255 g/mol. The first kappa shape index (κ1) is 14.8. The summed E-state index contributed by atoms with van der Waals surface area (Å²) in [6.07, 6.45) is 1.11. The zero-order chi connectivity index (χ0) is 13.9. The Kier molecular flexibility index (Phi) is 4.59. The number of carbonyl (C=O) groups is 1. The van der Waals surface area contributed by atoms with E-state index < -0.39 is 5.41 Å². The van der Waals surface area contributed by atoms with Crippen LogP contribution in [0, 0.1) is 17.3 Å². The third-order valence-corrected chi connectivity index (χ3v) is 4.49. The van der Waals surface area contributed by atoms with E-state index in [1.807, 2.05) is 18.7 Å². The molecule has 0 bridgehead atoms. The highest BCUT2D eigenvalue weighted by Crippen LogP contribution is 2.33. The maximum atomic E-state index is 12.7. The van der Waals surface area contributed by atoms with Gasteiger partial charge in [-0.2, -0.15) is 0 Å². The van der Waals surface area contributed by atoms with Crippen molar-refractivity contribution in [1.82, 2.24) is 4.90 Å². The molecule has 3 N–H and O–H groups in total. The second-order valence-corrected chi connectivity index (χ2v) is 5.44. The van der Waals surface area contributed by atoms with Crippen molar-refractivity contribution in [2.75, 3.05) is 13.1 Å². The highest BCUT2D eigenvalue weighted by Gasteiger charge is 2.44. The minimum atomic E-state index is -0.849. The van der Waals surface area contributed by atoms with Gasteiger partial charge in [0.1, 0.15) is 5.41 Å². The van der Waals surface area contributed by atoms with E-state index in [4.69, 9.17) is 10.9 Å². The number of nitrogens with zero attached hydrogens (tertiary/aromatic N) is 2. The van der Waals surface area contributed by atoms with Gasteiger partial charge in [0.2, 0.25) is 5.91 Å². The molecule has 0 spiro atoms. The summed E-state index contributed by atoms with van der Waals surface area (Å²) in [7, 11) is 0. The summed E-state index contributed by atoms with van der Waals surface area (Å²) in [6, 6.07) is 0. The molecule has 1 aliphatic rings. The van der Waals surface area contributed by atoms with Crippen LogP contribution in [-0.2, 0) is 4.79 Å². The first-order valence-electron chi connectivity index (χ1n) is 6.70. The Morgan fingerprint density at radius 1 is 1.33 bits per heavy atom. The Morgan fingerprint density at radius 3 is 2.11 bits per heavy atom. The lowest BCUT2D eigenvalue weighted by molar-refractivity contribution is -0.138. The van der Waals surface area contributed by atoms with Gasteiger partial charge in [-0.05, 0) is 24.7 Å². The number of amides is 1. The van der Waals surface area contributed by atoms with E-state index in [0.29, 0.717) is 24.7 Å². The van der Waals surface area contributed by atoms with Crippen molar-refractivity contribution < 1.29 is 10.0 Å². The minimum absolute atomic E-state index is 0.000926. The Hall–Kier alpha value is -1.26. The molecule has 5 heteroatoms. The lowest BCUT2D eigenvalue weighted by atomic mass is 9.79. The molecule has 104 valence electrons. The molecular formula is C13H25N3O2. The third-order valence-electron chi connectivity index (χ3n) is 4.49. The number of oxime groups is 1. The smallest absolute Gasteiger partial charge is 0.236 e. The summed E-state index contributed by atoms with van der Waals surface area (Å²) in [5.74, 6) is 1.05. The number of nitrogens with two attached hydrogens (primary N) is 1. The number of hydrogen-bond donors (Lipinski definition) is 2. The summed E-state index contributed by atoms with van der Waals surface area (Å²) in [5.41, 5.74) is 4.91. The summed E-state index contributed by atoms with van der Waals surface area (Å²) in [4.78, 5) is 14.5. The van der Waals surface area contributed by atoms with Gasteiger partial charge in [0, 0.05) is 13.1 Å². The van der Waals surface area contributed by atoms with Gasteiger partial charge in [-0.25, -0.2) is 0 Å². The molecule has 2 unspecified atom stereocenters. The van der Waals surface area contributed by atoms with Crippen LogP contribution in [0.5, 0.6) is 0 Å². The highest BCUT2D eigenvalue weighted by atomic mass is 16.4. The Morgan fingerprint density at radius 2 is 1.78 bits per heavy atom. The molecule has 0 aliphatic carbocycles. The zero-order valence-corrected chi connectivity index (χ0v) is 11.8. The van der Waals surface area contributed by atoms with Gasteiger partial charge >= 0.3 is 0 Å². The first-order chi connectivity index (χ1) is 8.42. The molecule has 1 aliphatic heterocycles. The van der Waals surface area contributed by atoms with Crippen LogP contribution in [0.25, 0.3) is 0 Å². The van der Waals surface area contributed by atoms with Crippen LogP contribution in [0.4, 0.5) is 0 Å². The van der Waals surface area contributed by atoms with Gasteiger partial charge in [-0.15, -0.1) is 0 Å². The number of amidine groups is 1. The average molecular weight is 255 g/mol. The molecule has 2 atom stereocenters. The molecule has 5 nitrogen and oxygen atoms in total. The number of hydrogen-bond acceptors (Lipinski definition) is 3. The molecule has 1 saturated heterocycles. The van der Waals surface area contributed by atoms with Crippen LogP contribution >= 0.6 is 0 Å². The number of carbonyl (C=O) groups excluding carboxylic acids is 1. The van der Waals surface area contributed by atoms with Crippen LogP contribution in [0.1, 0.15) is 40.5 Å². The SMILES string of the molecule is CCC(CC)(C(=O)N1CC(C)C(C)C1)C(N)=NO. The van der Waals surface area contributed by atoms with Crippen molar-refractivity contribution in [2.24, 2.45) is 28.1 Å². The molecule has 1 amide bonds. The molecule has 1 fully saturated rings. The molecule has 18 heavy (non-hydrogen) atoms. The van der Waals surface area contributed by atoms with Crippen molar-refractivity contribution in [1.29, 1.82) is 0 Å². The lowest BCUT2D eigenvalue weighted by Gasteiger charge is -2.33. The van der Waals surface area contributed by atoms with E-state index in [-0.39, 0.29) is 11.7 Å². The first-order valence-corrected chi connectivity index (χ1v) is 6.70. The minimum Gasteiger partial charge on any atom is -0.409 e. The summed E-state index contributed by atoms with van der Waals surface area (Å²) >= 11 is 0. The predicted octanol–water partition coefficient (Wildman–Crippen LogP) is 1.65. The molecular weight excluding hydrogens is 230 g/mol. The number of rotatable bonds is 4. The van der Waals surface area contributed by atoms with Gasteiger partial charge < -0.3 is 15.8 Å². The topological polar surface area (TPSA) is 78.9 Å². The second kappa shape index (κ2) is 5.59. The molecule has 0 aromatic rings. The summed E-state index contributed by atoms with van der Waals surface area (Å²) in [5, 5.41) is 12.0. The number of likely N-dealkylation sites (tertiary alicyclic amines) is 1. The normalized spacial score (nSPS) is 25.6. The Bertz CT molecular complexity index is 327. The van der Waals surface area contributed by atoms with Crippen LogP contribution in [0.3, 0.4) is 0 Å². The maximum absolute atomic E-state index is 12.7. The van der Waals surface area contributed by atoms with Crippen molar-refractivity contribution in [3.05, 3.63) is 0 Å². The molecule has 1 rings (SSSR count). The fourth-order valence-corrected chi connectivity index (χ4v) is 2.72. The van der Waals surface area contributed by atoms with Crippen LogP contribution in [0.2, 0.25) is 0 Å². The van der Waals surface area contributed by atoms with Gasteiger partial charge in [0.05, 0.1) is 0 Å². The van der Waals surface area contributed by atoms with Crippen molar-refractivity contribution in [3.63, 3.8) is 0 Å². The lowest BCUT2D eigenvalue weighted by Crippen LogP contribution is -2.50. The largest absolute Gasteiger partial charge is 0.409 e. The fraction of sp³-hybridized carbons (Fsp3) is 0.846. The zero-order valence-electron chi connectivity index (χ0n) is 11.8. The predicted molar refractivity (Wildman–Crippen MR) is 71.3 cm³/mol. The molecule has 0 aromatic carbocycles. The third kappa shape index (κ3) is 2.31. The van der Waals surface area contributed by atoms with E-state index in [9.17, 15) is 4.79 Å². The van der Waals surface area contributed by atoms with Crippen LogP contribution < -0.4 is 5.73 Å². The Balaban J connectivity index is 2.98. The molecule has 1 heterocycles. The molecule has 0 radical (unpaired) electrons. The highest BCUT2D eigenvalue weighted by molar-refractivity contribution is 6.06. The van der Waals surface area contributed by atoms with Crippen molar-refractivity contribution in [2.45, 2.75) is 40.5 Å². The van der Waals surface area contributed by atoms with Crippen LogP contribution in [-0.4, -0.2) is 34.9 Å². The van der Waals surface area contributed by atoms with Gasteiger partial charge in [0.15, 0.2) is 5.84 Å². The second-order valence-electron chi connectivity index (χ2n) is 5.44. The standard InChI is InChI=1S/C13H25N3O2/c1-5-13(6-2,11(14)15-18)12(17)16-7-9(3)10(4)8-16/h9-10,18H,5-8H2,1-4H3,(H2,14,15). The summed E-state index contributed by atoms with van der Waals surface area (Å²) in [6.45, 7) is 9.65. The van der Waals surface area contributed by atoms with E-state index >= 15 is 0 Å². The average Bonchev–Trinajstić information content (AvgIpc) is 2.71. The molecule has 0 aromatic heterocycles. The maximum Gasteiger partial charge on any atom is 0.236 e. The van der Waals surface area contributed by atoms with Crippen molar-refractivity contribution in [3.8, 4) is 0 Å². The molecule has 0 saturated carbocycles. The van der Waals surface area contributed by atoms with Crippen molar-refractivity contribution >= 4 is 11.7 Å². The van der Waals surface area contributed by atoms with Gasteiger partial charge in [0.25, 0.3) is 0 Å². The van der Waals surface area contributed by atoms with E-state index in [0.717, 1.165) is 13.1 Å². The van der Waals surface area contributed by atoms with E-state index in [2.05, 4.69) is 19.0 Å².